The lowest BCUT2D eigenvalue weighted by molar-refractivity contribution is 0.306. The first-order valence-corrected chi connectivity index (χ1v) is 7.13. The second-order valence-electron chi connectivity index (χ2n) is 4.93. The van der Waals surface area contributed by atoms with Gasteiger partial charge in [0.05, 0.1) is 12.5 Å². The Morgan fingerprint density at radius 1 is 1.10 bits per heavy atom. The fourth-order valence-electron chi connectivity index (χ4n) is 2.41. The number of rotatable bonds is 5. The summed E-state index contributed by atoms with van der Waals surface area (Å²) in [5, 5.41) is 0. The van der Waals surface area contributed by atoms with Crippen LogP contribution in [0.3, 0.4) is 0 Å². The van der Waals surface area contributed by atoms with Gasteiger partial charge in [0.1, 0.15) is 11.5 Å². The van der Waals surface area contributed by atoms with Crippen molar-refractivity contribution in [3.05, 3.63) is 66.3 Å². The highest BCUT2D eigenvalue weighted by molar-refractivity contribution is 5.55. The minimum Gasteiger partial charge on any atom is -0.493 e. The lowest BCUT2D eigenvalue weighted by Gasteiger charge is -2.14. The molecule has 1 heterocycles. The fourth-order valence-corrected chi connectivity index (χ4v) is 2.41. The smallest absolute Gasteiger partial charge is 0.209 e. The van der Waals surface area contributed by atoms with Crippen LogP contribution in [0.4, 0.5) is 0 Å². The van der Waals surface area contributed by atoms with Gasteiger partial charge < -0.3 is 9.47 Å². The zero-order valence-electron chi connectivity index (χ0n) is 11.6. The van der Waals surface area contributed by atoms with E-state index in [1.54, 1.807) is 0 Å². The molecule has 102 valence electrons. The molecule has 0 saturated carbocycles. The molecule has 2 radical (unpaired) electrons. The molecular formula is C18H18O2. The maximum Gasteiger partial charge on any atom is 0.209 e. The predicted molar refractivity (Wildman–Crippen MR) is 79.0 cm³/mol. The van der Waals surface area contributed by atoms with E-state index in [0.717, 1.165) is 36.5 Å². The zero-order valence-corrected chi connectivity index (χ0v) is 11.6. The molecule has 1 atom stereocenters. The van der Waals surface area contributed by atoms with Crippen LogP contribution in [0.1, 0.15) is 36.8 Å². The van der Waals surface area contributed by atoms with E-state index in [1.807, 2.05) is 36.4 Å². The van der Waals surface area contributed by atoms with Crippen molar-refractivity contribution >= 4 is 0 Å². The summed E-state index contributed by atoms with van der Waals surface area (Å²) in [7, 11) is 0. The summed E-state index contributed by atoms with van der Waals surface area (Å²) in [6, 6.07) is 16.2. The van der Waals surface area contributed by atoms with E-state index < -0.39 is 0 Å². The summed E-state index contributed by atoms with van der Waals surface area (Å²) < 4.78 is 11.5. The van der Waals surface area contributed by atoms with Gasteiger partial charge in [-0.05, 0) is 24.1 Å². The molecule has 0 bridgehead atoms. The van der Waals surface area contributed by atoms with Crippen LogP contribution < -0.4 is 9.47 Å². The molecule has 0 aliphatic carbocycles. The molecule has 1 unspecified atom stereocenters. The zero-order chi connectivity index (χ0) is 13.8. The van der Waals surface area contributed by atoms with Crippen LogP contribution in [0.25, 0.3) is 0 Å². The van der Waals surface area contributed by atoms with Gasteiger partial charge in [0.15, 0.2) is 0 Å². The Morgan fingerprint density at radius 2 is 1.95 bits per heavy atom. The van der Waals surface area contributed by atoms with E-state index in [9.17, 15) is 0 Å². The van der Waals surface area contributed by atoms with Gasteiger partial charge in [0.2, 0.25) is 6.61 Å². The largest absolute Gasteiger partial charge is 0.493 e. The molecule has 2 heteroatoms. The summed E-state index contributed by atoms with van der Waals surface area (Å²) in [5.41, 5.74) is 2.27. The van der Waals surface area contributed by atoms with Gasteiger partial charge >= 0.3 is 0 Å². The fraction of sp³-hybridized carbons (Fsp3) is 0.278. The van der Waals surface area contributed by atoms with Gasteiger partial charge in [-0.15, -0.1) is 0 Å². The molecule has 1 aliphatic rings. The first kappa shape index (κ1) is 13.0. The van der Waals surface area contributed by atoms with Crippen LogP contribution in [0, 0.1) is 6.61 Å². The lowest BCUT2D eigenvalue weighted by atomic mass is 9.92. The quantitative estimate of drug-likeness (QED) is 0.745. The van der Waals surface area contributed by atoms with Gasteiger partial charge in [-0.1, -0.05) is 49.7 Å². The van der Waals surface area contributed by atoms with Crippen molar-refractivity contribution in [2.24, 2.45) is 0 Å². The average Bonchev–Trinajstić information content (AvgIpc) is 2.93. The number of hydrogen-bond acceptors (Lipinski definition) is 2. The highest BCUT2D eigenvalue weighted by Crippen LogP contribution is 2.45. The number of benzene rings is 2. The molecule has 2 aromatic carbocycles. The summed E-state index contributed by atoms with van der Waals surface area (Å²) in [4.78, 5) is 0. The Labute approximate surface area is 120 Å². The Morgan fingerprint density at radius 3 is 2.75 bits per heavy atom. The summed E-state index contributed by atoms with van der Waals surface area (Å²) in [6.45, 7) is 6.00. The minimum absolute atomic E-state index is 0.0315. The van der Waals surface area contributed by atoms with E-state index in [0.29, 0.717) is 0 Å². The molecule has 0 saturated heterocycles. The summed E-state index contributed by atoms with van der Waals surface area (Å²) in [5.74, 6) is 1.80. The van der Waals surface area contributed by atoms with E-state index in [-0.39, 0.29) is 5.92 Å². The molecule has 0 aromatic heterocycles. The second kappa shape index (κ2) is 6.00. The van der Waals surface area contributed by atoms with Crippen LogP contribution in [0.15, 0.2) is 48.5 Å². The predicted octanol–water partition coefficient (Wildman–Crippen LogP) is 4.43. The minimum atomic E-state index is 0.0315. The standard InChI is InChI=1S/C18H18O2/c1-2-3-12-19-16-10-7-11-17-18(16)15(13-20-17)14-8-5-4-6-9-14/h4-11,15H,2-3,12H2,1H3. The lowest BCUT2D eigenvalue weighted by Crippen LogP contribution is -2.02. The van der Waals surface area contributed by atoms with E-state index in [1.165, 1.54) is 5.56 Å². The molecule has 2 aromatic rings. The van der Waals surface area contributed by atoms with Gasteiger partial charge in [-0.3, -0.25) is 0 Å². The number of ether oxygens (including phenoxy) is 2. The maximum absolute atomic E-state index is 5.92. The van der Waals surface area contributed by atoms with Crippen molar-refractivity contribution in [3.8, 4) is 11.5 Å². The van der Waals surface area contributed by atoms with E-state index >= 15 is 0 Å². The van der Waals surface area contributed by atoms with Crippen molar-refractivity contribution in [3.63, 3.8) is 0 Å². The molecule has 1 aliphatic heterocycles. The Balaban J connectivity index is 1.90. The monoisotopic (exact) mass is 266 g/mol. The number of fused-ring (bicyclic) bond motifs is 1. The van der Waals surface area contributed by atoms with Crippen LogP contribution in [0.2, 0.25) is 0 Å². The normalized spacial score (nSPS) is 16.6. The van der Waals surface area contributed by atoms with Crippen LogP contribution in [-0.2, 0) is 0 Å². The van der Waals surface area contributed by atoms with E-state index in [2.05, 4.69) is 25.7 Å². The van der Waals surface area contributed by atoms with Crippen LogP contribution in [-0.4, -0.2) is 6.61 Å². The number of hydrogen-bond donors (Lipinski definition) is 0. The Bertz CT molecular complexity index is 563. The molecule has 0 N–H and O–H groups in total. The third kappa shape index (κ3) is 2.51. The summed E-state index contributed by atoms with van der Waals surface area (Å²) >= 11 is 0. The molecule has 0 fully saturated rings. The Hall–Kier alpha value is -1.96. The van der Waals surface area contributed by atoms with E-state index in [4.69, 9.17) is 9.47 Å². The first-order valence-electron chi connectivity index (χ1n) is 7.13. The van der Waals surface area contributed by atoms with Crippen LogP contribution >= 0.6 is 0 Å². The van der Waals surface area contributed by atoms with Gasteiger partial charge in [-0.2, -0.15) is 0 Å². The third-order valence-corrected chi connectivity index (χ3v) is 3.49. The molecule has 0 amide bonds. The van der Waals surface area contributed by atoms with Crippen molar-refractivity contribution in [2.45, 2.75) is 25.7 Å². The average molecular weight is 266 g/mol. The number of unbranched alkanes of at least 4 members (excludes halogenated alkanes) is 1. The first-order chi connectivity index (χ1) is 9.90. The molecule has 2 nitrogen and oxygen atoms in total. The topological polar surface area (TPSA) is 18.5 Å². The third-order valence-electron chi connectivity index (χ3n) is 3.49. The van der Waals surface area contributed by atoms with Gasteiger partial charge in [0, 0.05) is 5.56 Å². The van der Waals surface area contributed by atoms with Crippen molar-refractivity contribution in [1.82, 2.24) is 0 Å². The van der Waals surface area contributed by atoms with Crippen LogP contribution in [0.5, 0.6) is 11.5 Å². The molecule has 0 spiro atoms. The summed E-state index contributed by atoms with van der Waals surface area (Å²) in [6.07, 6.45) is 2.19. The maximum atomic E-state index is 5.92. The second-order valence-corrected chi connectivity index (χ2v) is 4.93. The van der Waals surface area contributed by atoms with Crippen molar-refractivity contribution < 1.29 is 9.47 Å². The van der Waals surface area contributed by atoms with Gasteiger partial charge in [0.25, 0.3) is 0 Å². The molecule has 20 heavy (non-hydrogen) atoms. The molecule has 3 rings (SSSR count). The highest BCUT2D eigenvalue weighted by atomic mass is 16.5. The van der Waals surface area contributed by atoms with Gasteiger partial charge in [-0.25, -0.2) is 0 Å². The highest BCUT2D eigenvalue weighted by Gasteiger charge is 2.30. The molecular weight excluding hydrogens is 248 g/mol. The van der Waals surface area contributed by atoms with Crippen molar-refractivity contribution in [1.29, 1.82) is 0 Å². The Kier molecular flexibility index (Phi) is 3.91. The SMILES string of the molecule is CCCCOc1cccc2c1C(c1ccccc1)[C]O2. The van der Waals surface area contributed by atoms with Crippen molar-refractivity contribution in [2.75, 3.05) is 6.61 Å².